The Hall–Kier alpha value is -2.53. The lowest BCUT2D eigenvalue weighted by molar-refractivity contribution is -0.153. The number of fused-ring (bicyclic) bond motifs is 1. The third kappa shape index (κ3) is 5.73. The van der Waals surface area contributed by atoms with Gasteiger partial charge < -0.3 is 14.8 Å². The standard InChI is InChI=1S/C21H22ClNO4/c22-18-8-9-19-16(12-18)11-17(13-26-19)21(25)27-14-20(24)23-10-4-7-15-5-2-1-3-6-15/h1-3,5-6,8-9,12,17H,4,7,10-11,13-14H2,(H,23,24)/t17-/m0/s1. The van der Waals surface area contributed by atoms with E-state index in [0.29, 0.717) is 18.0 Å². The van der Waals surface area contributed by atoms with Gasteiger partial charge in [0.15, 0.2) is 6.61 Å². The number of hydrogen-bond donors (Lipinski definition) is 1. The Morgan fingerprint density at radius 1 is 1.19 bits per heavy atom. The van der Waals surface area contributed by atoms with Gasteiger partial charge in [-0.2, -0.15) is 0 Å². The monoisotopic (exact) mass is 387 g/mol. The third-order valence-corrected chi connectivity index (χ3v) is 4.65. The molecule has 0 unspecified atom stereocenters. The van der Waals surface area contributed by atoms with Crippen LogP contribution in [0.3, 0.4) is 0 Å². The number of carbonyl (C=O) groups excluding carboxylic acids is 2. The lowest BCUT2D eigenvalue weighted by atomic mass is 9.97. The molecule has 1 N–H and O–H groups in total. The van der Waals surface area contributed by atoms with Gasteiger partial charge in [-0.1, -0.05) is 41.9 Å². The Bertz CT molecular complexity index is 794. The van der Waals surface area contributed by atoms with Crippen molar-refractivity contribution < 1.29 is 19.1 Å². The second kappa shape index (κ2) is 9.42. The number of nitrogens with one attached hydrogen (secondary N) is 1. The second-order valence-corrected chi connectivity index (χ2v) is 6.95. The molecule has 0 aliphatic carbocycles. The number of carbonyl (C=O) groups is 2. The van der Waals surface area contributed by atoms with Crippen molar-refractivity contribution in [1.82, 2.24) is 5.32 Å². The highest BCUT2D eigenvalue weighted by Gasteiger charge is 2.27. The van der Waals surface area contributed by atoms with Crippen molar-refractivity contribution >= 4 is 23.5 Å². The summed E-state index contributed by atoms with van der Waals surface area (Å²) < 4.78 is 10.7. The zero-order valence-corrected chi connectivity index (χ0v) is 15.7. The molecule has 27 heavy (non-hydrogen) atoms. The second-order valence-electron chi connectivity index (χ2n) is 6.51. The minimum absolute atomic E-state index is 0.242. The molecule has 0 saturated heterocycles. The first-order valence-corrected chi connectivity index (χ1v) is 9.38. The Morgan fingerprint density at radius 3 is 2.81 bits per heavy atom. The molecular weight excluding hydrogens is 366 g/mol. The largest absolute Gasteiger partial charge is 0.492 e. The fourth-order valence-electron chi connectivity index (χ4n) is 2.99. The summed E-state index contributed by atoms with van der Waals surface area (Å²) in [5.74, 6) is -0.418. The van der Waals surface area contributed by atoms with E-state index >= 15 is 0 Å². The fourth-order valence-corrected chi connectivity index (χ4v) is 3.18. The van der Waals surface area contributed by atoms with Gasteiger partial charge in [0.2, 0.25) is 0 Å². The van der Waals surface area contributed by atoms with E-state index in [1.807, 2.05) is 18.2 Å². The van der Waals surface area contributed by atoms with E-state index in [2.05, 4.69) is 17.4 Å². The van der Waals surface area contributed by atoms with Crippen molar-refractivity contribution in [1.29, 1.82) is 0 Å². The van der Waals surface area contributed by atoms with Gasteiger partial charge in [-0.25, -0.2) is 0 Å². The van der Waals surface area contributed by atoms with Crippen molar-refractivity contribution in [3.63, 3.8) is 0 Å². The van der Waals surface area contributed by atoms with Crippen LogP contribution in [0.15, 0.2) is 48.5 Å². The highest BCUT2D eigenvalue weighted by atomic mass is 35.5. The highest BCUT2D eigenvalue weighted by molar-refractivity contribution is 6.30. The summed E-state index contributed by atoms with van der Waals surface area (Å²) >= 11 is 5.98. The summed E-state index contributed by atoms with van der Waals surface area (Å²) in [6, 6.07) is 15.4. The molecule has 1 amide bonds. The number of hydrogen-bond acceptors (Lipinski definition) is 4. The third-order valence-electron chi connectivity index (χ3n) is 4.41. The van der Waals surface area contributed by atoms with Gasteiger partial charge in [-0.3, -0.25) is 9.59 Å². The average Bonchev–Trinajstić information content (AvgIpc) is 2.69. The molecule has 142 valence electrons. The lowest BCUT2D eigenvalue weighted by Gasteiger charge is -2.24. The summed E-state index contributed by atoms with van der Waals surface area (Å²) in [4.78, 5) is 24.0. The van der Waals surface area contributed by atoms with Crippen LogP contribution in [0, 0.1) is 5.92 Å². The first kappa shape index (κ1) is 19.2. The number of halogens is 1. The summed E-state index contributed by atoms with van der Waals surface area (Å²) in [6.45, 7) is 0.513. The molecule has 0 fully saturated rings. The molecule has 3 rings (SSSR count). The van der Waals surface area contributed by atoms with Crippen LogP contribution in [-0.4, -0.2) is 31.6 Å². The van der Waals surface area contributed by atoms with Gasteiger partial charge in [0.25, 0.3) is 5.91 Å². The molecule has 0 radical (unpaired) electrons. The molecule has 2 aromatic rings. The maximum absolute atomic E-state index is 12.2. The van der Waals surface area contributed by atoms with E-state index in [4.69, 9.17) is 21.1 Å². The summed E-state index contributed by atoms with van der Waals surface area (Å²) in [6.07, 6.45) is 2.22. The van der Waals surface area contributed by atoms with Gasteiger partial charge in [0, 0.05) is 11.6 Å². The van der Waals surface area contributed by atoms with Gasteiger partial charge in [0.1, 0.15) is 12.4 Å². The van der Waals surface area contributed by atoms with Crippen LogP contribution in [0.2, 0.25) is 5.02 Å². The zero-order chi connectivity index (χ0) is 19.1. The zero-order valence-electron chi connectivity index (χ0n) is 14.9. The number of aryl methyl sites for hydroxylation is 1. The molecule has 0 spiro atoms. The molecule has 1 atom stereocenters. The van der Waals surface area contributed by atoms with Crippen molar-refractivity contribution in [2.24, 2.45) is 5.92 Å². The maximum Gasteiger partial charge on any atom is 0.313 e. The molecule has 1 aliphatic rings. The predicted molar refractivity (Wildman–Crippen MR) is 103 cm³/mol. The summed E-state index contributed by atoms with van der Waals surface area (Å²) in [5.41, 5.74) is 2.11. The Labute approximate surface area is 163 Å². The smallest absolute Gasteiger partial charge is 0.313 e. The average molecular weight is 388 g/mol. The van der Waals surface area contributed by atoms with Gasteiger partial charge in [-0.15, -0.1) is 0 Å². The number of amides is 1. The first-order chi connectivity index (χ1) is 13.1. The Morgan fingerprint density at radius 2 is 2.00 bits per heavy atom. The van der Waals surface area contributed by atoms with E-state index in [-0.39, 0.29) is 19.1 Å². The van der Waals surface area contributed by atoms with Crippen LogP contribution in [0.25, 0.3) is 0 Å². The van der Waals surface area contributed by atoms with Crippen LogP contribution in [0.4, 0.5) is 0 Å². The van der Waals surface area contributed by atoms with E-state index in [1.54, 1.807) is 18.2 Å². The van der Waals surface area contributed by atoms with Crippen LogP contribution in [0.5, 0.6) is 5.75 Å². The summed E-state index contributed by atoms with van der Waals surface area (Å²) in [5, 5.41) is 3.37. The Balaban J connectivity index is 1.36. The molecule has 0 saturated carbocycles. The molecule has 6 heteroatoms. The van der Waals surface area contributed by atoms with Crippen molar-refractivity contribution in [2.75, 3.05) is 19.8 Å². The van der Waals surface area contributed by atoms with Crippen LogP contribution in [0.1, 0.15) is 17.5 Å². The number of ether oxygens (including phenoxy) is 2. The minimum atomic E-state index is -0.430. The minimum Gasteiger partial charge on any atom is -0.492 e. The number of benzene rings is 2. The van der Waals surface area contributed by atoms with E-state index < -0.39 is 11.9 Å². The van der Waals surface area contributed by atoms with Gasteiger partial charge in [0.05, 0.1) is 5.92 Å². The van der Waals surface area contributed by atoms with Crippen molar-refractivity contribution in [3.05, 3.63) is 64.7 Å². The van der Waals surface area contributed by atoms with Gasteiger partial charge >= 0.3 is 5.97 Å². The summed E-state index contributed by atoms with van der Waals surface area (Å²) in [7, 11) is 0. The quantitative estimate of drug-likeness (QED) is 0.585. The van der Waals surface area contributed by atoms with E-state index in [1.165, 1.54) is 5.56 Å². The molecule has 0 aromatic heterocycles. The maximum atomic E-state index is 12.2. The van der Waals surface area contributed by atoms with E-state index in [0.717, 1.165) is 24.2 Å². The topological polar surface area (TPSA) is 64.6 Å². The molecule has 0 bridgehead atoms. The van der Waals surface area contributed by atoms with E-state index in [9.17, 15) is 9.59 Å². The lowest BCUT2D eigenvalue weighted by Crippen LogP contribution is -2.34. The normalized spacial score (nSPS) is 15.4. The molecule has 1 heterocycles. The molecule has 5 nitrogen and oxygen atoms in total. The Kier molecular flexibility index (Phi) is 6.71. The predicted octanol–water partition coefficient (Wildman–Crippen LogP) is 3.18. The molecule has 1 aliphatic heterocycles. The number of rotatable bonds is 7. The van der Waals surface area contributed by atoms with Crippen molar-refractivity contribution in [2.45, 2.75) is 19.3 Å². The molecule has 2 aromatic carbocycles. The first-order valence-electron chi connectivity index (χ1n) is 9.00. The molecular formula is C21H22ClNO4. The highest BCUT2D eigenvalue weighted by Crippen LogP contribution is 2.30. The van der Waals surface area contributed by atoms with Crippen LogP contribution in [-0.2, 0) is 27.2 Å². The number of esters is 1. The van der Waals surface area contributed by atoms with Crippen LogP contribution < -0.4 is 10.1 Å². The SMILES string of the molecule is O=C(COC(=O)[C@@H]1COc2ccc(Cl)cc2C1)NCCCc1ccccc1. The van der Waals surface area contributed by atoms with Gasteiger partial charge in [-0.05, 0) is 48.6 Å². The fraction of sp³-hybridized carbons (Fsp3) is 0.333. The van der Waals surface area contributed by atoms with Crippen LogP contribution >= 0.6 is 11.6 Å². The van der Waals surface area contributed by atoms with Crippen molar-refractivity contribution in [3.8, 4) is 5.75 Å².